The number of methoxy groups -OCH3 is 1. The third kappa shape index (κ3) is 2.65. The summed E-state index contributed by atoms with van der Waals surface area (Å²) in [6, 6.07) is 5.91. The minimum Gasteiger partial charge on any atom is -0.496 e. The van der Waals surface area contributed by atoms with Gasteiger partial charge in [0.05, 0.1) is 12.6 Å². The Bertz CT molecular complexity index is 630. The maximum absolute atomic E-state index is 5.50. The predicted molar refractivity (Wildman–Crippen MR) is 80.2 cm³/mol. The molecule has 0 bridgehead atoms. The van der Waals surface area contributed by atoms with Gasteiger partial charge in [0.15, 0.2) is 0 Å². The highest BCUT2D eigenvalue weighted by Crippen LogP contribution is 2.31. The van der Waals surface area contributed by atoms with E-state index in [9.17, 15) is 0 Å². The Morgan fingerprint density at radius 2 is 2.19 bits per heavy atom. The minimum absolute atomic E-state index is 0.203. The largest absolute Gasteiger partial charge is 0.496 e. The Balaban J connectivity index is 1.89. The van der Waals surface area contributed by atoms with Gasteiger partial charge in [-0.25, -0.2) is 0 Å². The lowest BCUT2D eigenvalue weighted by molar-refractivity contribution is 0.207. The third-order valence-electron chi connectivity index (χ3n) is 4.17. The second kappa shape index (κ2) is 5.48. The summed E-state index contributed by atoms with van der Waals surface area (Å²) in [5.74, 6) is 2.17. The van der Waals surface area contributed by atoms with Gasteiger partial charge in [-0.15, -0.1) is 0 Å². The topological polar surface area (TPSA) is 60.2 Å². The number of aryl methyl sites for hydroxylation is 1. The predicted octanol–water partition coefficient (Wildman–Crippen LogP) is 3.04. The molecule has 21 heavy (non-hydrogen) atoms. The summed E-state index contributed by atoms with van der Waals surface area (Å²) in [5.41, 5.74) is 1.80. The number of rotatable bonds is 3. The Morgan fingerprint density at radius 1 is 1.33 bits per heavy atom. The molecule has 1 atom stereocenters. The van der Waals surface area contributed by atoms with Crippen molar-refractivity contribution in [1.82, 2.24) is 15.5 Å². The van der Waals surface area contributed by atoms with Crippen LogP contribution in [0.5, 0.6) is 5.75 Å². The van der Waals surface area contributed by atoms with Crippen LogP contribution in [-0.4, -0.2) is 23.8 Å². The van der Waals surface area contributed by atoms with Gasteiger partial charge in [-0.05, 0) is 63.4 Å². The Morgan fingerprint density at radius 3 is 2.86 bits per heavy atom. The van der Waals surface area contributed by atoms with Gasteiger partial charge < -0.3 is 14.6 Å². The van der Waals surface area contributed by atoms with Crippen molar-refractivity contribution in [3.05, 3.63) is 29.7 Å². The second-order valence-electron chi connectivity index (χ2n) is 5.82. The molecule has 2 aromatic rings. The summed E-state index contributed by atoms with van der Waals surface area (Å²) in [4.78, 5) is 4.59. The summed E-state index contributed by atoms with van der Waals surface area (Å²) >= 11 is 0. The molecule has 1 aromatic carbocycles. The van der Waals surface area contributed by atoms with Gasteiger partial charge in [0.1, 0.15) is 5.75 Å². The van der Waals surface area contributed by atoms with Gasteiger partial charge in [0.25, 0.3) is 0 Å². The molecule has 1 saturated heterocycles. The second-order valence-corrected chi connectivity index (χ2v) is 5.82. The number of piperidine rings is 1. The number of ether oxygens (including phenoxy) is 1. The van der Waals surface area contributed by atoms with Gasteiger partial charge in [-0.1, -0.05) is 5.16 Å². The number of hydrogen-bond donors (Lipinski definition) is 1. The van der Waals surface area contributed by atoms with Gasteiger partial charge in [0, 0.05) is 5.56 Å². The van der Waals surface area contributed by atoms with Crippen LogP contribution in [0.1, 0.15) is 37.6 Å². The summed E-state index contributed by atoms with van der Waals surface area (Å²) in [6.07, 6.45) is 3.41. The van der Waals surface area contributed by atoms with Crippen LogP contribution in [0.25, 0.3) is 11.4 Å². The molecule has 5 heteroatoms. The monoisotopic (exact) mass is 287 g/mol. The summed E-state index contributed by atoms with van der Waals surface area (Å²) in [6.45, 7) is 5.13. The van der Waals surface area contributed by atoms with E-state index < -0.39 is 0 Å². The van der Waals surface area contributed by atoms with Crippen molar-refractivity contribution in [2.24, 2.45) is 0 Å². The molecule has 1 unspecified atom stereocenters. The van der Waals surface area contributed by atoms with E-state index in [1.165, 1.54) is 12.8 Å². The average molecular weight is 287 g/mol. The van der Waals surface area contributed by atoms with E-state index in [1.807, 2.05) is 25.1 Å². The molecular formula is C16H21N3O2. The van der Waals surface area contributed by atoms with Gasteiger partial charge in [-0.2, -0.15) is 4.98 Å². The molecule has 0 aliphatic carbocycles. The van der Waals surface area contributed by atoms with Gasteiger partial charge >= 0.3 is 0 Å². The molecule has 2 heterocycles. The van der Waals surface area contributed by atoms with Crippen LogP contribution in [0.4, 0.5) is 0 Å². The van der Waals surface area contributed by atoms with E-state index in [0.29, 0.717) is 11.7 Å². The molecule has 5 nitrogen and oxygen atoms in total. The Kier molecular flexibility index (Phi) is 3.68. The fourth-order valence-electron chi connectivity index (χ4n) is 2.82. The molecule has 0 saturated carbocycles. The van der Waals surface area contributed by atoms with Crippen LogP contribution in [0.2, 0.25) is 0 Å². The summed E-state index contributed by atoms with van der Waals surface area (Å²) in [5, 5.41) is 7.63. The minimum atomic E-state index is -0.203. The Labute approximate surface area is 124 Å². The Hall–Kier alpha value is -1.88. The van der Waals surface area contributed by atoms with E-state index in [-0.39, 0.29) is 5.54 Å². The molecular weight excluding hydrogens is 266 g/mol. The zero-order valence-corrected chi connectivity index (χ0v) is 12.8. The van der Waals surface area contributed by atoms with Crippen molar-refractivity contribution in [3.8, 4) is 17.1 Å². The zero-order chi connectivity index (χ0) is 14.9. The molecule has 0 radical (unpaired) electrons. The van der Waals surface area contributed by atoms with E-state index >= 15 is 0 Å². The van der Waals surface area contributed by atoms with Crippen LogP contribution in [0, 0.1) is 6.92 Å². The lowest BCUT2D eigenvalue weighted by Gasteiger charge is -2.31. The smallest absolute Gasteiger partial charge is 0.246 e. The standard InChI is InChI=1S/C16H21N3O2/c1-11-10-12(6-7-13(11)20-3)14-18-15(21-19-14)16(2)8-4-5-9-17-16/h6-7,10,17H,4-5,8-9H2,1-3H3. The molecule has 112 valence electrons. The van der Waals surface area contributed by atoms with Crippen LogP contribution in [-0.2, 0) is 5.54 Å². The zero-order valence-electron chi connectivity index (χ0n) is 12.8. The highest BCUT2D eigenvalue weighted by atomic mass is 16.5. The first kappa shape index (κ1) is 14.1. The highest BCUT2D eigenvalue weighted by molar-refractivity contribution is 5.58. The normalized spacial score (nSPS) is 22.2. The fourth-order valence-corrected chi connectivity index (χ4v) is 2.82. The molecule has 1 aromatic heterocycles. The van der Waals surface area contributed by atoms with Crippen molar-refractivity contribution < 1.29 is 9.26 Å². The van der Waals surface area contributed by atoms with Gasteiger partial charge in [0.2, 0.25) is 11.7 Å². The quantitative estimate of drug-likeness (QED) is 0.940. The number of nitrogens with one attached hydrogen (secondary N) is 1. The van der Waals surface area contributed by atoms with Gasteiger partial charge in [-0.3, -0.25) is 0 Å². The first-order valence-electron chi connectivity index (χ1n) is 7.37. The lowest BCUT2D eigenvalue weighted by atomic mass is 9.91. The van der Waals surface area contributed by atoms with Crippen LogP contribution >= 0.6 is 0 Å². The van der Waals surface area contributed by atoms with E-state index in [4.69, 9.17) is 9.26 Å². The van der Waals surface area contributed by atoms with Crippen LogP contribution < -0.4 is 10.1 Å². The fraction of sp³-hybridized carbons (Fsp3) is 0.500. The number of nitrogens with zero attached hydrogens (tertiary/aromatic N) is 2. The summed E-state index contributed by atoms with van der Waals surface area (Å²) in [7, 11) is 1.67. The molecule has 0 amide bonds. The third-order valence-corrected chi connectivity index (χ3v) is 4.17. The molecule has 1 aliphatic heterocycles. The molecule has 1 fully saturated rings. The average Bonchev–Trinajstić information content (AvgIpc) is 2.98. The molecule has 1 N–H and O–H groups in total. The molecule has 1 aliphatic rings. The van der Waals surface area contributed by atoms with Crippen molar-refractivity contribution in [1.29, 1.82) is 0 Å². The number of benzene rings is 1. The van der Waals surface area contributed by atoms with Crippen molar-refractivity contribution in [2.45, 2.75) is 38.6 Å². The number of aromatic nitrogens is 2. The van der Waals surface area contributed by atoms with Crippen LogP contribution in [0.3, 0.4) is 0 Å². The highest BCUT2D eigenvalue weighted by Gasteiger charge is 2.34. The molecule has 0 spiro atoms. The van der Waals surface area contributed by atoms with Crippen molar-refractivity contribution in [3.63, 3.8) is 0 Å². The van der Waals surface area contributed by atoms with E-state index in [1.54, 1.807) is 7.11 Å². The van der Waals surface area contributed by atoms with E-state index in [0.717, 1.165) is 29.8 Å². The lowest BCUT2D eigenvalue weighted by Crippen LogP contribution is -2.43. The van der Waals surface area contributed by atoms with Crippen LogP contribution in [0.15, 0.2) is 22.7 Å². The molecule has 3 rings (SSSR count). The first-order chi connectivity index (χ1) is 10.1. The maximum atomic E-state index is 5.50. The maximum Gasteiger partial charge on any atom is 0.246 e. The van der Waals surface area contributed by atoms with Crippen molar-refractivity contribution >= 4 is 0 Å². The van der Waals surface area contributed by atoms with E-state index in [2.05, 4.69) is 22.4 Å². The first-order valence-corrected chi connectivity index (χ1v) is 7.37. The van der Waals surface area contributed by atoms with Crippen molar-refractivity contribution in [2.75, 3.05) is 13.7 Å². The summed E-state index contributed by atoms with van der Waals surface area (Å²) < 4.78 is 10.8. The SMILES string of the molecule is COc1ccc(-c2noc(C3(C)CCCCN3)n2)cc1C. The number of hydrogen-bond acceptors (Lipinski definition) is 5.